The average molecular weight is 264 g/mol. The molecular formula is C11H16N6O2. The topological polar surface area (TPSA) is 112 Å². The van der Waals surface area contributed by atoms with Crippen LogP contribution < -0.4 is 11.1 Å². The Bertz CT molecular complexity index is 554. The van der Waals surface area contributed by atoms with E-state index in [4.69, 9.17) is 10.2 Å². The molecule has 0 saturated carbocycles. The summed E-state index contributed by atoms with van der Waals surface area (Å²) >= 11 is 0. The van der Waals surface area contributed by atoms with Crippen LogP contribution in [0, 0.1) is 13.8 Å². The highest BCUT2D eigenvalue weighted by Crippen LogP contribution is 2.09. The summed E-state index contributed by atoms with van der Waals surface area (Å²) < 4.78 is 7.06. The molecule has 0 aliphatic rings. The smallest absolute Gasteiger partial charge is 0.234 e. The van der Waals surface area contributed by atoms with E-state index in [0.29, 0.717) is 24.7 Å². The molecule has 0 aliphatic heterocycles. The van der Waals surface area contributed by atoms with E-state index in [1.807, 2.05) is 13.8 Å². The number of oxazole rings is 1. The number of aryl methyl sites for hydroxylation is 2. The summed E-state index contributed by atoms with van der Waals surface area (Å²) in [6.07, 6.45) is 1.73. The van der Waals surface area contributed by atoms with Gasteiger partial charge in [0.25, 0.3) is 0 Å². The molecule has 3 N–H and O–H groups in total. The molecule has 0 bridgehead atoms. The summed E-state index contributed by atoms with van der Waals surface area (Å²) in [7, 11) is 0. The third kappa shape index (κ3) is 3.38. The van der Waals surface area contributed by atoms with Gasteiger partial charge in [0.15, 0.2) is 0 Å². The van der Waals surface area contributed by atoms with Crippen LogP contribution in [0.4, 0.5) is 0 Å². The lowest BCUT2D eigenvalue weighted by Crippen LogP contribution is -2.29. The summed E-state index contributed by atoms with van der Waals surface area (Å²) in [6.45, 7) is 4.42. The second kappa shape index (κ2) is 5.61. The van der Waals surface area contributed by atoms with Crippen LogP contribution in [0.3, 0.4) is 0 Å². The Hall–Kier alpha value is -2.22. The Labute approximate surface area is 110 Å². The number of hydrogen-bond donors (Lipinski definition) is 2. The van der Waals surface area contributed by atoms with E-state index >= 15 is 0 Å². The molecule has 2 heterocycles. The maximum Gasteiger partial charge on any atom is 0.234 e. The van der Waals surface area contributed by atoms with Crippen LogP contribution in [0.1, 0.15) is 23.0 Å². The summed E-state index contributed by atoms with van der Waals surface area (Å²) in [4.78, 5) is 15.3. The fourth-order valence-corrected chi connectivity index (χ4v) is 1.50. The van der Waals surface area contributed by atoms with E-state index < -0.39 is 0 Å². The van der Waals surface area contributed by atoms with Gasteiger partial charge in [0.05, 0.1) is 25.0 Å². The van der Waals surface area contributed by atoms with Crippen LogP contribution >= 0.6 is 0 Å². The lowest BCUT2D eigenvalue weighted by atomic mass is 10.4. The largest absolute Gasteiger partial charge is 0.444 e. The fraction of sp³-hybridized carbons (Fsp3) is 0.455. The Morgan fingerprint density at radius 1 is 1.53 bits per heavy atom. The molecule has 2 aromatic rings. The second-order valence-corrected chi connectivity index (χ2v) is 4.14. The second-order valence-electron chi connectivity index (χ2n) is 4.14. The number of nitrogens with zero attached hydrogens (tertiary/aromatic N) is 4. The maximum atomic E-state index is 11.0. The number of nitrogens with two attached hydrogens (primary N) is 1. The monoisotopic (exact) mass is 264 g/mol. The zero-order valence-electron chi connectivity index (χ0n) is 10.9. The first kappa shape index (κ1) is 13.2. The van der Waals surface area contributed by atoms with E-state index in [1.54, 1.807) is 10.9 Å². The van der Waals surface area contributed by atoms with Gasteiger partial charge in [-0.05, 0) is 13.8 Å². The van der Waals surface area contributed by atoms with Crippen LogP contribution in [-0.2, 0) is 17.9 Å². The minimum Gasteiger partial charge on any atom is -0.444 e. The molecule has 0 aromatic carbocycles. The zero-order valence-corrected chi connectivity index (χ0v) is 10.9. The summed E-state index contributed by atoms with van der Waals surface area (Å²) in [5.74, 6) is 1.15. The van der Waals surface area contributed by atoms with Gasteiger partial charge >= 0.3 is 0 Å². The third-order valence-electron chi connectivity index (χ3n) is 2.61. The molecule has 0 saturated heterocycles. The van der Waals surface area contributed by atoms with E-state index in [1.165, 1.54) is 0 Å². The number of amides is 1. The van der Waals surface area contributed by atoms with Gasteiger partial charge in [-0.15, -0.1) is 5.10 Å². The van der Waals surface area contributed by atoms with Gasteiger partial charge in [-0.3, -0.25) is 4.79 Å². The van der Waals surface area contributed by atoms with Crippen molar-refractivity contribution in [2.45, 2.75) is 26.9 Å². The first-order valence-electron chi connectivity index (χ1n) is 5.87. The highest BCUT2D eigenvalue weighted by Gasteiger charge is 2.08. The van der Waals surface area contributed by atoms with Gasteiger partial charge in [-0.2, -0.15) is 0 Å². The number of nitrogens with one attached hydrogen (secondary N) is 1. The lowest BCUT2D eigenvalue weighted by molar-refractivity contribution is -0.119. The first-order valence-corrected chi connectivity index (χ1v) is 5.87. The fourth-order valence-electron chi connectivity index (χ4n) is 1.50. The normalized spacial score (nSPS) is 10.7. The van der Waals surface area contributed by atoms with Crippen molar-refractivity contribution in [2.75, 3.05) is 6.54 Å². The van der Waals surface area contributed by atoms with Crippen molar-refractivity contribution in [1.82, 2.24) is 25.3 Å². The van der Waals surface area contributed by atoms with Crippen molar-refractivity contribution < 1.29 is 9.21 Å². The molecule has 2 aromatic heterocycles. The average Bonchev–Trinajstić information content (AvgIpc) is 2.94. The van der Waals surface area contributed by atoms with E-state index in [-0.39, 0.29) is 12.5 Å². The Morgan fingerprint density at radius 2 is 2.32 bits per heavy atom. The Morgan fingerprint density at radius 3 is 2.95 bits per heavy atom. The van der Waals surface area contributed by atoms with Crippen LogP contribution in [-0.4, -0.2) is 32.4 Å². The van der Waals surface area contributed by atoms with Gasteiger partial charge in [0.1, 0.15) is 18.0 Å². The van der Waals surface area contributed by atoms with Crippen LogP contribution in [0.5, 0.6) is 0 Å². The third-order valence-corrected chi connectivity index (χ3v) is 2.61. The highest BCUT2D eigenvalue weighted by atomic mass is 16.4. The molecule has 19 heavy (non-hydrogen) atoms. The number of carbonyl (C=O) groups excluding carboxylic acids is 1. The molecule has 8 nitrogen and oxygen atoms in total. The summed E-state index contributed by atoms with van der Waals surface area (Å²) in [6, 6.07) is 0. The van der Waals surface area contributed by atoms with Crippen molar-refractivity contribution in [3.05, 3.63) is 29.2 Å². The molecule has 0 spiro atoms. The number of rotatable bonds is 5. The molecule has 0 fully saturated rings. The summed E-state index contributed by atoms with van der Waals surface area (Å²) in [5.41, 5.74) is 6.71. The van der Waals surface area contributed by atoms with E-state index in [0.717, 1.165) is 11.5 Å². The van der Waals surface area contributed by atoms with Crippen molar-refractivity contribution in [1.29, 1.82) is 0 Å². The van der Waals surface area contributed by atoms with Gasteiger partial charge in [-0.1, -0.05) is 5.21 Å². The highest BCUT2D eigenvalue weighted by molar-refractivity contribution is 5.77. The van der Waals surface area contributed by atoms with Crippen LogP contribution in [0.25, 0.3) is 0 Å². The molecule has 8 heteroatoms. The minimum absolute atomic E-state index is 0.0387. The quantitative estimate of drug-likeness (QED) is 0.753. The molecule has 0 aliphatic carbocycles. The first-order chi connectivity index (χ1) is 9.08. The van der Waals surface area contributed by atoms with Gasteiger partial charge in [0, 0.05) is 0 Å². The standard InChI is InChI=1S/C11H16N6O2/c1-7-8(2)19-11(14-7)6-17-5-9(15-16-17)4-13-10(18)3-12/h5H,3-4,6,12H2,1-2H3,(H,13,18). The Balaban J connectivity index is 1.95. The zero-order chi connectivity index (χ0) is 13.8. The van der Waals surface area contributed by atoms with Gasteiger partial charge < -0.3 is 15.5 Å². The van der Waals surface area contributed by atoms with Crippen molar-refractivity contribution in [3.8, 4) is 0 Å². The number of carbonyl (C=O) groups is 1. The van der Waals surface area contributed by atoms with Crippen molar-refractivity contribution >= 4 is 5.91 Å². The number of hydrogen-bond acceptors (Lipinski definition) is 6. The Kier molecular flexibility index (Phi) is 3.91. The molecule has 1 amide bonds. The van der Waals surface area contributed by atoms with E-state index in [9.17, 15) is 4.79 Å². The van der Waals surface area contributed by atoms with Gasteiger partial charge in [0.2, 0.25) is 11.8 Å². The van der Waals surface area contributed by atoms with Gasteiger partial charge in [-0.25, -0.2) is 9.67 Å². The van der Waals surface area contributed by atoms with E-state index in [2.05, 4.69) is 20.6 Å². The van der Waals surface area contributed by atoms with Crippen molar-refractivity contribution in [2.24, 2.45) is 5.73 Å². The SMILES string of the molecule is Cc1nc(Cn2cc(CNC(=O)CN)nn2)oc1C. The molecular weight excluding hydrogens is 248 g/mol. The predicted molar refractivity (Wildman–Crippen MR) is 66.0 cm³/mol. The number of aromatic nitrogens is 4. The molecule has 0 unspecified atom stereocenters. The van der Waals surface area contributed by atoms with Crippen LogP contribution in [0.15, 0.2) is 10.6 Å². The van der Waals surface area contributed by atoms with Crippen LogP contribution in [0.2, 0.25) is 0 Å². The maximum absolute atomic E-state index is 11.0. The molecule has 2 rings (SSSR count). The molecule has 102 valence electrons. The lowest BCUT2D eigenvalue weighted by Gasteiger charge is -1.98. The predicted octanol–water partition coefficient (Wildman–Crippen LogP) is -0.494. The van der Waals surface area contributed by atoms with Crippen molar-refractivity contribution in [3.63, 3.8) is 0 Å². The minimum atomic E-state index is -0.228. The summed E-state index contributed by atoms with van der Waals surface area (Å²) in [5, 5.41) is 10.5. The molecule has 0 atom stereocenters. The molecule has 0 radical (unpaired) electrons.